The van der Waals surface area contributed by atoms with Crippen LogP contribution in [-0.4, -0.2) is 44.3 Å². The van der Waals surface area contributed by atoms with Crippen LogP contribution in [0.2, 0.25) is 0 Å². The zero-order chi connectivity index (χ0) is 18.1. The van der Waals surface area contributed by atoms with Crippen molar-refractivity contribution in [2.75, 3.05) is 25.1 Å². The fraction of sp³-hybridized carbons (Fsp3) is 0.389. The van der Waals surface area contributed by atoms with E-state index in [1.54, 1.807) is 13.4 Å². The van der Waals surface area contributed by atoms with Gasteiger partial charge in [0.15, 0.2) is 5.16 Å². The third-order valence-corrected chi connectivity index (χ3v) is 5.88. The summed E-state index contributed by atoms with van der Waals surface area (Å²) in [4.78, 5) is 18.7. The Morgan fingerprint density at radius 2 is 2.08 bits per heavy atom. The molecule has 1 aliphatic heterocycles. The molecule has 0 saturated carbocycles. The summed E-state index contributed by atoms with van der Waals surface area (Å²) in [6.07, 6.45) is 3.94. The molecule has 8 heteroatoms. The largest absolute Gasteiger partial charge is 0.497 e. The molecular formula is C18H21N5O2S. The summed E-state index contributed by atoms with van der Waals surface area (Å²) in [5, 5.41) is 0.453. The first-order valence-corrected chi connectivity index (χ1v) is 9.95. The second-order valence-corrected chi connectivity index (χ2v) is 7.74. The minimum atomic E-state index is -1.31. The molecule has 1 N–H and O–H groups in total. The lowest BCUT2D eigenvalue weighted by atomic mass is 10.2. The highest BCUT2D eigenvalue weighted by molar-refractivity contribution is 7.84. The van der Waals surface area contributed by atoms with E-state index in [1.165, 1.54) is 12.8 Å². The molecule has 7 nitrogen and oxygen atoms in total. The highest BCUT2D eigenvalue weighted by Gasteiger charge is 2.20. The standard InChI is InChI=1S/C18H21N5O2S/c1-12-16(19-11-20-17(12)23-7-3-4-8-23)10-26(24)18-21-14-6-5-13(25-2)9-15(14)22-18/h5-6,9,11H,3-4,7-8,10H2,1-2H3,(H,21,22). The average Bonchev–Trinajstić information content (AvgIpc) is 3.32. The lowest BCUT2D eigenvalue weighted by Gasteiger charge is -2.19. The molecule has 26 heavy (non-hydrogen) atoms. The quantitative estimate of drug-likeness (QED) is 0.742. The highest BCUT2D eigenvalue weighted by atomic mass is 32.2. The number of hydrogen-bond acceptors (Lipinski definition) is 6. The van der Waals surface area contributed by atoms with Crippen LogP contribution in [0.25, 0.3) is 11.0 Å². The van der Waals surface area contributed by atoms with Crippen molar-refractivity contribution in [3.8, 4) is 5.75 Å². The van der Waals surface area contributed by atoms with Crippen molar-refractivity contribution in [3.63, 3.8) is 0 Å². The first-order valence-electron chi connectivity index (χ1n) is 8.63. The number of benzene rings is 1. The number of nitrogens with one attached hydrogen (secondary N) is 1. The van der Waals surface area contributed by atoms with Crippen LogP contribution in [0.15, 0.2) is 29.7 Å². The van der Waals surface area contributed by atoms with Crippen LogP contribution in [0, 0.1) is 6.92 Å². The number of aromatic nitrogens is 4. The molecule has 0 aliphatic carbocycles. The van der Waals surface area contributed by atoms with Gasteiger partial charge in [-0.15, -0.1) is 0 Å². The predicted octanol–water partition coefficient (Wildman–Crippen LogP) is 2.58. The number of ether oxygens (including phenoxy) is 1. The Morgan fingerprint density at radius 1 is 1.27 bits per heavy atom. The van der Waals surface area contributed by atoms with Crippen molar-refractivity contribution in [1.29, 1.82) is 0 Å². The van der Waals surface area contributed by atoms with Gasteiger partial charge in [0.05, 0.1) is 40.4 Å². The number of methoxy groups -OCH3 is 1. The van der Waals surface area contributed by atoms with Crippen LogP contribution in [-0.2, 0) is 16.6 Å². The second kappa shape index (κ2) is 7.03. The second-order valence-electron chi connectivity index (χ2n) is 6.38. The van der Waals surface area contributed by atoms with E-state index in [-0.39, 0.29) is 0 Å². The first kappa shape index (κ1) is 17.0. The Hall–Kier alpha value is -2.48. The van der Waals surface area contributed by atoms with Crippen LogP contribution in [0.5, 0.6) is 5.75 Å². The Morgan fingerprint density at radius 3 is 2.85 bits per heavy atom. The number of anilines is 1. The number of rotatable bonds is 5. The summed E-state index contributed by atoms with van der Waals surface area (Å²) in [5.74, 6) is 2.01. The van der Waals surface area contributed by atoms with Crippen molar-refractivity contribution in [2.45, 2.75) is 30.7 Å². The van der Waals surface area contributed by atoms with Gasteiger partial charge in [-0.2, -0.15) is 0 Å². The van der Waals surface area contributed by atoms with Crippen LogP contribution < -0.4 is 9.64 Å². The summed E-state index contributed by atoms with van der Waals surface area (Å²) < 4.78 is 18.1. The molecule has 1 atom stereocenters. The smallest absolute Gasteiger partial charge is 0.197 e. The van der Waals surface area contributed by atoms with Gasteiger partial charge in [0.25, 0.3) is 0 Å². The first-order chi connectivity index (χ1) is 12.7. The topological polar surface area (TPSA) is 84.0 Å². The van der Waals surface area contributed by atoms with Gasteiger partial charge in [-0.1, -0.05) is 0 Å². The number of nitrogens with zero attached hydrogens (tertiary/aromatic N) is 4. The van der Waals surface area contributed by atoms with E-state index in [1.807, 2.05) is 25.1 Å². The predicted molar refractivity (Wildman–Crippen MR) is 101 cm³/mol. The molecule has 1 fully saturated rings. The van der Waals surface area contributed by atoms with Crippen LogP contribution in [0.3, 0.4) is 0 Å². The molecule has 1 aliphatic rings. The van der Waals surface area contributed by atoms with Crippen molar-refractivity contribution >= 4 is 27.7 Å². The maximum absolute atomic E-state index is 12.8. The molecule has 3 heterocycles. The van der Waals surface area contributed by atoms with Gasteiger partial charge >= 0.3 is 0 Å². The molecule has 0 bridgehead atoms. The third kappa shape index (κ3) is 3.16. The minimum absolute atomic E-state index is 0.312. The minimum Gasteiger partial charge on any atom is -0.497 e. The number of H-pyrrole nitrogens is 1. The maximum Gasteiger partial charge on any atom is 0.197 e. The molecule has 0 amide bonds. The zero-order valence-electron chi connectivity index (χ0n) is 14.9. The summed E-state index contributed by atoms with van der Waals surface area (Å²) in [7, 11) is 0.306. The molecule has 3 aromatic rings. The van der Waals surface area contributed by atoms with E-state index in [9.17, 15) is 4.21 Å². The average molecular weight is 371 g/mol. The third-order valence-electron chi connectivity index (χ3n) is 4.72. The molecular weight excluding hydrogens is 350 g/mol. The van der Waals surface area contributed by atoms with Crippen LogP contribution in [0.1, 0.15) is 24.1 Å². The van der Waals surface area contributed by atoms with Gasteiger partial charge in [0.2, 0.25) is 0 Å². The van der Waals surface area contributed by atoms with Crippen LogP contribution >= 0.6 is 0 Å². The molecule has 2 aromatic heterocycles. The van der Waals surface area contributed by atoms with Gasteiger partial charge < -0.3 is 14.6 Å². The molecule has 4 rings (SSSR count). The molecule has 1 saturated heterocycles. The van der Waals surface area contributed by atoms with E-state index < -0.39 is 10.8 Å². The molecule has 0 spiro atoms. The fourth-order valence-corrected chi connectivity index (χ4v) is 4.36. The summed E-state index contributed by atoms with van der Waals surface area (Å²) in [6, 6.07) is 5.55. The Labute approximate surface area is 154 Å². The summed E-state index contributed by atoms with van der Waals surface area (Å²) in [6.45, 7) is 4.04. The van der Waals surface area contributed by atoms with Crippen LogP contribution in [0.4, 0.5) is 5.82 Å². The summed E-state index contributed by atoms with van der Waals surface area (Å²) in [5.41, 5.74) is 3.38. The van der Waals surface area contributed by atoms with Crippen molar-refractivity contribution < 1.29 is 8.95 Å². The van der Waals surface area contributed by atoms with Gasteiger partial charge in [0.1, 0.15) is 17.9 Å². The van der Waals surface area contributed by atoms with Gasteiger partial charge in [0, 0.05) is 24.7 Å². The van der Waals surface area contributed by atoms with E-state index in [4.69, 9.17) is 4.74 Å². The zero-order valence-corrected chi connectivity index (χ0v) is 15.7. The normalized spacial score (nSPS) is 15.5. The molecule has 136 valence electrons. The number of imidazole rings is 1. The van der Waals surface area contributed by atoms with E-state index >= 15 is 0 Å². The van der Waals surface area contributed by atoms with Crippen molar-refractivity contribution in [2.24, 2.45) is 0 Å². The van der Waals surface area contributed by atoms with E-state index in [0.29, 0.717) is 10.9 Å². The lowest BCUT2D eigenvalue weighted by molar-refractivity contribution is 0.415. The Kier molecular flexibility index (Phi) is 4.58. The number of hydrogen-bond donors (Lipinski definition) is 1. The van der Waals surface area contributed by atoms with E-state index in [2.05, 4.69) is 24.8 Å². The van der Waals surface area contributed by atoms with Crippen molar-refractivity contribution in [1.82, 2.24) is 19.9 Å². The Balaban J connectivity index is 1.59. The number of aromatic amines is 1. The van der Waals surface area contributed by atoms with Gasteiger partial charge in [-0.25, -0.2) is 15.0 Å². The monoisotopic (exact) mass is 371 g/mol. The van der Waals surface area contributed by atoms with Crippen molar-refractivity contribution in [3.05, 3.63) is 35.8 Å². The Bertz CT molecular complexity index is 965. The highest BCUT2D eigenvalue weighted by Crippen LogP contribution is 2.25. The SMILES string of the molecule is COc1ccc2nc(S(=O)Cc3ncnc(N4CCCC4)c3C)[nH]c2c1. The summed E-state index contributed by atoms with van der Waals surface area (Å²) >= 11 is 0. The molecule has 0 radical (unpaired) electrons. The number of fused-ring (bicyclic) bond motifs is 1. The van der Waals surface area contributed by atoms with Gasteiger partial charge in [-0.05, 0) is 31.9 Å². The molecule has 1 unspecified atom stereocenters. The lowest BCUT2D eigenvalue weighted by Crippen LogP contribution is -2.21. The molecule has 1 aromatic carbocycles. The fourth-order valence-electron chi connectivity index (χ4n) is 3.26. The van der Waals surface area contributed by atoms with Gasteiger partial charge in [-0.3, -0.25) is 4.21 Å². The van der Waals surface area contributed by atoms with E-state index in [0.717, 1.165) is 46.9 Å². The maximum atomic E-state index is 12.8.